The predicted molar refractivity (Wildman–Crippen MR) is 99.4 cm³/mol. The molecule has 0 unspecified atom stereocenters. The third-order valence-electron chi connectivity index (χ3n) is 3.82. The topological polar surface area (TPSA) is 57.9 Å². The largest absolute Gasteiger partial charge is 0.497 e. The Morgan fingerprint density at radius 1 is 1.17 bits per heavy atom. The number of anilines is 2. The molecule has 0 atom stereocenters. The first-order valence-electron chi connectivity index (χ1n) is 7.48. The molecule has 0 bridgehead atoms. The highest BCUT2D eigenvalue weighted by atomic mass is 35.5. The van der Waals surface area contributed by atoms with Gasteiger partial charge in [-0.25, -0.2) is 0 Å². The zero-order valence-corrected chi connectivity index (χ0v) is 14.4. The third-order valence-corrected chi connectivity index (χ3v) is 3.82. The van der Waals surface area contributed by atoms with Crippen LogP contribution in [0.15, 0.2) is 48.7 Å². The number of aryl methyl sites for hydroxylation is 1. The Balaban J connectivity index is 0.00000208. The van der Waals surface area contributed by atoms with Gasteiger partial charge in [0, 0.05) is 17.3 Å². The lowest BCUT2D eigenvalue weighted by molar-refractivity contribution is 0.415. The highest BCUT2D eigenvalue weighted by molar-refractivity contribution is 5.96. The van der Waals surface area contributed by atoms with Crippen LogP contribution in [0.3, 0.4) is 0 Å². The number of aromatic nitrogens is 1. The van der Waals surface area contributed by atoms with E-state index in [0.717, 1.165) is 34.4 Å². The summed E-state index contributed by atoms with van der Waals surface area (Å²) in [7, 11) is 1.64. The molecule has 3 aromatic rings. The number of methoxy groups -OCH3 is 1. The molecule has 0 aliphatic heterocycles. The predicted octanol–water partition coefficient (Wildman–Crippen LogP) is 4.84. The van der Waals surface area contributed by atoms with Crippen molar-refractivity contribution in [3.63, 3.8) is 0 Å². The van der Waals surface area contributed by atoms with Gasteiger partial charge in [0.05, 0.1) is 23.9 Å². The Kier molecular flexibility index (Phi) is 5.62. The number of nitrogens with one attached hydrogen (secondary N) is 1. The number of hydrogen-bond acceptors (Lipinski definition) is 4. The number of nitriles is 1. The number of halogens is 1. The van der Waals surface area contributed by atoms with E-state index in [4.69, 9.17) is 4.74 Å². The molecule has 0 radical (unpaired) electrons. The zero-order chi connectivity index (χ0) is 16.2. The van der Waals surface area contributed by atoms with E-state index in [-0.39, 0.29) is 12.4 Å². The molecule has 0 saturated carbocycles. The molecule has 0 spiro atoms. The van der Waals surface area contributed by atoms with E-state index in [0.29, 0.717) is 5.56 Å². The normalized spacial score (nSPS) is 9.88. The second kappa shape index (κ2) is 7.67. The van der Waals surface area contributed by atoms with Gasteiger partial charge >= 0.3 is 0 Å². The molecule has 0 saturated heterocycles. The molecule has 0 aliphatic rings. The minimum atomic E-state index is 0. The lowest BCUT2D eigenvalue weighted by atomic mass is 10.1. The van der Waals surface area contributed by atoms with Crippen molar-refractivity contribution >= 4 is 34.7 Å². The Morgan fingerprint density at radius 2 is 1.92 bits per heavy atom. The van der Waals surface area contributed by atoms with Crippen LogP contribution in [0.5, 0.6) is 5.75 Å². The first-order chi connectivity index (χ1) is 11.2. The Bertz CT molecular complexity index is 885. The van der Waals surface area contributed by atoms with Gasteiger partial charge in [0.15, 0.2) is 0 Å². The summed E-state index contributed by atoms with van der Waals surface area (Å²) in [4.78, 5) is 4.37. The van der Waals surface area contributed by atoms with Crippen LogP contribution in [-0.2, 0) is 6.42 Å². The molecule has 1 aromatic heterocycles. The highest BCUT2D eigenvalue weighted by Crippen LogP contribution is 2.30. The quantitative estimate of drug-likeness (QED) is 0.738. The van der Waals surface area contributed by atoms with Crippen LogP contribution in [-0.4, -0.2) is 12.1 Å². The smallest absolute Gasteiger partial charge is 0.119 e. The van der Waals surface area contributed by atoms with Gasteiger partial charge in [-0.15, -0.1) is 12.4 Å². The summed E-state index contributed by atoms with van der Waals surface area (Å²) in [5.41, 5.74) is 4.31. The molecule has 24 heavy (non-hydrogen) atoms. The van der Waals surface area contributed by atoms with Gasteiger partial charge in [-0.05, 0) is 48.4 Å². The standard InChI is InChI=1S/C19H17N3O.ClH/c1-3-13-4-9-18-17(10-13)19(14(11-20)12-21-18)22-15-5-7-16(23-2)8-6-15;/h4-10,12H,3H2,1-2H3,(H,21,22);1H. The van der Waals surface area contributed by atoms with Crippen LogP contribution in [0.2, 0.25) is 0 Å². The Morgan fingerprint density at radius 3 is 2.54 bits per heavy atom. The molecule has 5 heteroatoms. The van der Waals surface area contributed by atoms with Crippen LogP contribution in [0.4, 0.5) is 11.4 Å². The van der Waals surface area contributed by atoms with Crippen LogP contribution in [0, 0.1) is 11.3 Å². The molecule has 2 aromatic carbocycles. The monoisotopic (exact) mass is 339 g/mol. The van der Waals surface area contributed by atoms with Gasteiger partial charge in [0.2, 0.25) is 0 Å². The van der Waals surface area contributed by atoms with Crippen molar-refractivity contribution in [2.75, 3.05) is 12.4 Å². The van der Waals surface area contributed by atoms with Crippen molar-refractivity contribution in [1.82, 2.24) is 4.98 Å². The first kappa shape index (κ1) is 17.6. The minimum Gasteiger partial charge on any atom is -0.497 e. The fourth-order valence-electron chi connectivity index (χ4n) is 2.50. The summed E-state index contributed by atoms with van der Waals surface area (Å²) in [6, 6.07) is 16.0. The van der Waals surface area contributed by atoms with E-state index in [1.807, 2.05) is 30.3 Å². The second-order valence-corrected chi connectivity index (χ2v) is 5.22. The molecule has 122 valence electrons. The molecular weight excluding hydrogens is 322 g/mol. The molecule has 0 amide bonds. The van der Waals surface area contributed by atoms with Gasteiger partial charge in [-0.1, -0.05) is 13.0 Å². The molecule has 4 nitrogen and oxygen atoms in total. The lowest BCUT2D eigenvalue weighted by Crippen LogP contribution is -1.97. The van der Waals surface area contributed by atoms with E-state index in [1.54, 1.807) is 13.3 Å². The van der Waals surface area contributed by atoms with E-state index in [1.165, 1.54) is 5.56 Å². The highest BCUT2D eigenvalue weighted by Gasteiger charge is 2.10. The first-order valence-corrected chi connectivity index (χ1v) is 7.48. The zero-order valence-electron chi connectivity index (χ0n) is 13.5. The van der Waals surface area contributed by atoms with Gasteiger partial charge < -0.3 is 10.1 Å². The van der Waals surface area contributed by atoms with Crippen LogP contribution in [0.1, 0.15) is 18.1 Å². The molecule has 3 rings (SSSR count). The van der Waals surface area contributed by atoms with E-state index < -0.39 is 0 Å². The Hall–Kier alpha value is -2.77. The third kappa shape index (κ3) is 3.42. The molecule has 0 aliphatic carbocycles. The molecule has 1 N–H and O–H groups in total. The number of benzene rings is 2. The van der Waals surface area contributed by atoms with Crippen LogP contribution >= 0.6 is 12.4 Å². The SMILES string of the molecule is CCc1ccc2ncc(C#N)c(Nc3ccc(OC)cc3)c2c1.Cl. The van der Waals surface area contributed by atoms with Gasteiger partial charge in [0.1, 0.15) is 11.8 Å². The average molecular weight is 340 g/mol. The summed E-state index contributed by atoms with van der Waals surface area (Å²) in [5, 5.41) is 13.7. The molecule has 0 fully saturated rings. The summed E-state index contributed by atoms with van der Waals surface area (Å²) in [6.07, 6.45) is 2.55. The van der Waals surface area contributed by atoms with Crippen molar-refractivity contribution in [2.24, 2.45) is 0 Å². The number of hydrogen-bond donors (Lipinski definition) is 1. The average Bonchev–Trinajstić information content (AvgIpc) is 2.62. The van der Waals surface area contributed by atoms with Crippen molar-refractivity contribution < 1.29 is 4.74 Å². The van der Waals surface area contributed by atoms with Crippen LogP contribution < -0.4 is 10.1 Å². The van der Waals surface area contributed by atoms with Crippen molar-refractivity contribution in [2.45, 2.75) is 13.3 Å². The maximum atomic E-state index is 9.41. The van der Waals surface area contributed by atoms with Gasteiger partial charge in [0.25, 0.3) is 0 Å². The number of nitrogens with zero attached hydrogens (tertiary/aromatic N) is 2. The number of ether oxygens (including phenoxy) is 1. The lowest BCUT2D eigenvalue weighted by Gasteiger charge is -2.12. The number of pyridine rings is 1. The number of fused-ring (bicyclic) bond motifs is 1. The summed E-state index contributed by atoms with van der Waals surface area (Å²) in [5.74, 6) is 0.795. The van der Waals surface area contributed by atoms with Gasteiger partial charge in [-0.3, -0.25) is 4.98 Å². The van der Waals surface area contributed by atoms with E-state index in [9.17, 15) is 5.26 Å². The minimum absolute atomic E-state index is 0. The van der Waals surface area contributed by atoms with E-state index in [2.05, 4.69) is 35.4 Å². The number of rotatable bonds is 4. The second-order valence-electron chi connectivity index (χ2n) is 5.22. The summed E-state index contributed by atoms with van der Waals surface area (Å²) < 4.78 is 5.17. The summed E-state index contributed by atoms with van der Waals surface area (Å²) in [6.45, 7) is 2.11. The molecule has 1 heterocycles. The Labute approximate surface area is 147 Å². The summed E-state index contributed by atoms with van der Waals surface area (Å²) >= 11 is 0. The van der Waals surface area contributed by atoms with Crippen molar-refractivity contribution in [3.05, 3.63) is 59.8 Å². The van der Waals surface area contributed by atoms with Crippen molar-refractivity contribution in [1.29, 1.82) is 5.26 Å². The fourth-order valence-corrected chi connectivity index (χ4v) is 2.50. The maximum absolute atomic E-state index is 9.41. The van der Waals surface area contributed by atoms with E-state index >= 15 is 0 Å². The maximum Gasteiger partial charge on any atom is 0.119 e. The van der Waals surface area contributed by atoms with Crippen LogP contribution in [0.25, 0.3) is 10.9 Å². The molecular formula is C19H18ClN3O. The van der Waals surface area contributed by atoms with Gasteiger partial charge in [-0.2, -0.15) is 5.26 Å². The fraction of sp³-hybridized carbons (Fsp3) is 0.158. The van der Waals surface area contributed by atoms with Crippen molar-refractivity contribution in [3.8, 4) is 11.8 Å².